The molecule has 0 spiro atoms. The van der Waals surface area contributed by atoms with Crippen LogP contribution in [-0.2, 0) is 9.53 Å². The van der Waals surface area contributed by atoms with Crippen molar-refractivity contribution in [3.05, 3.63) is 12.7 Å². The molecule has 0 aliphatic carbocycles. The molecule has 1 unspecified atom stereocenters. The molecule has 0 aromatic heterocycles. The summed E-state index contributed by atoms with van der Waals surface area (Å²) in [6, 6.07) is 1.42. The van der Waals surface area contributed by atoms with Crippen LogP contribution in [0.15, 0.2) is 12.7 Å². The van der Waals surface area contributed by atoms with Crippen LogP contribution in [0.1, 0.15) is 84.0 Å². The average Bonchev–Trinajstić information content (AvgIpc) is 2.50. The third kappa shape index (κ3) is 18.2. The second-order valence-electron chi connectivity index (χ2n) is 7.60. The number of halogens is 1. The molecule has 0 rings (SSSR count). The molecule has 0 saturated heterocycles. The van der Waals surface area contributed by atoms with E-state index in [4.69, 9.17) is 4.74 Å². The number of hydrogen-bond donors (Lipinski definition) is 0. The first-order chi connectivity index (χ1) is 11.3. The fourth-order valence-electron chi connectivity index (χ4n) is 2.87. The van der Waals surface area contributed by atoms with Crippen LogP contribution >= 0.6 is 15.3 Å². The molecule has 0 bridgehead atoms. The van der Waals surface area contributed by atoms with E-state index in [1.165, 1.54) is 76.3 Å². The molecular formula is C20H39BrO2Si. The van der Waals surface area contributed by atoms with Crippen LogP contribution in [0.25, 0.3) is 0 Å². The minimum Gasteiger partial charge on any atom is -0.460 e. The van der Waals surface area contributed by atoms with E-state index in [0.717, 1.165) is 12.8 Å². The molecule has 0 aliphatic heterocycles. The lowest BCUT2D eigenvalue weighted by molar-refractivity contribution is -0.142. The van der Waals surface area contributed by atoms with Crippen LogP contribution in [0.2, 0.25) is 19.1 Å². The number of carbonyl (C=O) groups excluding carboxylic acids is 1. The van der Waals surface area contributed by atoms with E-state index in [2.05, 4.69) is 35.0 Å². The monoisotopic (exact) mass is 418 g/mol. The number of unbranched alkanes of at least 4 members (excludes halogenated alkanes) is 10. The van der Waals surface area contributed by atoms with E-state index in [1.54, 1.807) is 0 Å². The van der Waals surface area contributed by atoms with Crippen molar-refractivity contribution in [3.63, 3.8) is 0 Å². The predicted octanol–water partition coefficient (Wildman–Crippen LogP) is 7.39. The van der Waals surface area contributed by atoms with E-state index >= 15 is 0 Å². The summed E-state index contributed by atoms with van der Waals surface area (Å²) in [6.45, 7) is 9.17. The van der Waals surface area contributed by atoms with Crippen molar-refractivity contribution in [2.24, 2.45) is 0 Å². The van der Waals surface area contributed by atoms with Gasteiger partial charge >= 0.3 is 5.97 Å². The number of esters is 1. The lowest BCUT2D eigenvalue weighted by atomic mass is 10.0. The minimum atomic E-state index is -0.988. The molecule has 0 fully saturated rings. The van der Waals surface area contributed by atoms with Crippen molar-refractivity contribution in [1.82, 2.24) is 0 Å². The maximum absolute atomic E-state index is 11.0. The number of ether oxygens (including phenoxy) is 1. The highest BCUT2D eigenvalue weighted by Gasteiger charge is 2.14. The van der Waals surface area contributed by atoms with Gasteiger partial charge in [0.15, 0.2) is 0 Å². The Balaban J connectivity index is 3.20. The molecule has 1 atom stereocenters. The van der Waals surface area contributed by atoms with E-state index in [1.807, 2.05) is 6.92 Å². The van der Waals surface area contributed by atoms with Crippen LogP contribution in [0.5, 0.6) is 0 Å². The fourth-order valence-corrected chi connectivity index (χ4v) is 4.81. The second kappa shape index (κ2) is 15.2. The summed E-state index contributed by atoms with van der Waals surface area (Å²) in [5.41, 5.74) is 0. The maximum Gasteiger partial charge on any atom is 0.330 e. The van der Waals surface area contributed by atoms with Crippen molar-refractivity contribution in [1.29, 1.82) is 0 Å². The smallest absolute Gasteiger partial charge is 0.330 e. The molecule has 2 nitrogen and oxygen atoms in total. The lowest BCUT2D eigenvalue weighted by Crippen LogP contribution is -2.13. The third-order valence-electron chi connectivity index (χ3n) is 4.37. The van der Waals surface area contributed by atoms with Crippen molar-refractivity contribution >= 4 is 28.0 Å². The second-order valence-corrected chi connectivity index (χ2v) is 18.0. The molecule has 4 heteroatoms. The Morgan fingerprint density at radius 3 is 1.79 bits per heavy atom. The maximum atomic E-state index is 11.0. The Kier molecular flexibility index (Phi) is 15.1. The molecule has 0 radical (unpaired) electrons. The Morgan fingerprint density at radius 2 is 1.38 bits per heavy atom. The van der Waals surface area contributed by atoms with Crippen molar-refractivity contribution in [3.8, 4) is 0 Å². The van der Waals surface area contributed by atoms with E-state index < -0.39 is 6.69 Å². The number of rotatable bonds is 16. The van der Waals surface area contributed by atoms with Gasteiger partial charge < -0.3 is 4.74 Å². The third-order valence-corrected chi connectivity index (χ3v) is 7.10. The van der Waals surface area contributed by atoms with Crippen molar-refractivity contribution in [2.45, 2.75) is 109 Å². The Hall–Kier alpha value is -0.0931. The van der Waals surface area contributed by atoms with Gasteiger partial charge in [-0.1, -0.05) is 83.9 Å². The molecule has 0 amide bonds. The van der Waals surface area contributed by atoms with Crippen LogP contribution < -0.4 is 0 Å². The van der Waals surface area contributed by atoms with Gasteiger partial charge in [0.2, 0.25) is 0 Å². The number of carbonyl (C=O) groups is 1. The van der Waals surface area contributed by atoms with Gasteiger partial charge in [-0.3, -0.25) is 0 Å². The highest BCUT2D eigenvalue weighted by molar-refractivity contribution is 9.26. The molecule has 24 heavy (non-hydrogen) atoms. The summed E-state index contributed by atoms with van der Waals surface area (Å²) in [4.78, 5) is 11.0. The van der Waals surface area contributed by atoms with Crippen LogP contribution in [0, 0.1) is 0 Å². The summed E-state index contributed by atoms with van der Waals surface area (Å²) in [6.07, 6.45) is 17.1. The van der Waals surface area contributed by atoms with E-state index in [-0.39, 0.29) is 12.1 Å². The first kappa shape index (κ1) is 23.9. The number of hydrogen-bond acceptors (Lipinski definition) is 2. The Morgan fingerprint density at radius 1 is 0.958 bits per heavy atom. The van der Waals surface area contributed by atoms with Crippen LogP contribution in [-0.4, -0.2) is 18.8 Å². The Bertz CT molecular complexity index is 326. The normalized spacial score (nSPS) is 12.8. The SMILES string of the molecule is C=CC(=O)OC(C)CCCCCCCCCCCCC[Si](C)(C)Br. The first-order valence-electron chi connectivity index (χ1n) is 9.87. The average molecular weight is 420 g/mol. The molecule has 0 saturated carbocycles. The molecule has 0 aromatic carbocycles. The lowest BCUT2D eigenvalue weighted by Gasteiger charge is -2.12. The molecule has 142 valence electrons. The van der Waals surface area contributed by atoms with Crippen molar-refractivity contribution in [2.75, 3.05) is 0 Å². The zero-order chi connectivity index (χ0) is 18.3. The summed E-state index contributed by atoms with van der Waals surface area (Å²) < 4.78 is 5.16. The predicted molar refractivity (Wildman–Crippen MR) is 112 cm³/mol. The topological polar surface area (TPSA) is 26.3 Å². The van der Waals surface area contributed by atoms with Gasteiger partial charge in [-0.15, -0.1) is 15.3 Å². The zero-order valence-electron chi connectivity index (χ0n) is 16.2. The minimum absolute atomic E-state index is 0.0216. The van der Waals surface area contributed by atoms with Gasteiger partial charge in [0, 0.05) is 6.08 Å². The van der Waals surface area contributed by atoms with Gasteiger partial charge in [0.1, 0.15) is 6.69 Å². The largest absolute Gasteiger partial charge is 0.460 e. The first-order valence-corrected chi connectivity index (χ1v) is 15.3. The van der Waals surface area contributed by atoms with Crippen LogP contribution in [0.3, 0.4) is 0 Å². The van der Waals surface area contributed by atoms with Crippen molar-refractivity contribution < 1.29 is 9.53 Å². The molecular weight excluding hydrogens is 380 g/mol. The highest BCUT2D eigenvalue weighted by Crippen LogP contribution is 2.21. The zero-order valence-corrected chi connectivity index (χ0v) is 18.8. The molecule has 0 aromatic rings. The molecule has 0 heterocycles. The highest BCUT2D eigenvalue weighted by atomic mass is 79.9. The van der Waals surface area contributed by atoms with E-state index in [0.29, 0.717) is 0 Å². The summed E-state index contributed by atoms with van der Waals surface area (Å²) in [5, 5.41) is 0. The van der Waals surface area contributed by atoms with Gasteiger partial charge in [-0.05, 0) is 25.8 Å². The van der Waals surface area contributed by atoms with Gasteiger partial charge in [0.25, 0.3) is 0 Å². The Labute approximate surface area is 159 Å². The standard InChI is InChI=1S/C20H39BrO2Si/c1-5-20(22)23-19(2)17-15-13-11-9-7-6-8-10-12-14-16-18-24(3,4)21/h5,19H,1,6-18H2,2-4H3. The summed E-state index contributed by atoms with van der Waals surface area (Å²) in [7, 11) is 0. The summed E-state index contributed by atoms with van der Waals surface area (Å²) in [5.74, 6) is -0.305. The quantitative estimate of drug-likeness (QED) is 0.0857. The van der Waals surface area contributed by atoms with Crippen LogP contribution in [0.4, 0.5) is 0 Å². The van der Waals surface area contributed by atoms with Gasteiger partial charge in [0.05, 0.1) is 6.10 Å². The van der Waals surface area contributed by atoms with Gasteiger partial charge in [-0.2, -0.15) is 0 Å². The summed E-state index contributed by atoms with van der Waals surface area (Å²) >= 11 is 3.84. The molecule has 0 N–H and O–H groups in total. The fraction of sp³-hybridized carbons (Fsp3) is 0.850. The molecule has 0 aliphatic rings. The van der Waals surface area contributed by atoms with E-state index in [9.17, 15) is 4.79 Å². The van der Waals surface area contributed by atoms with Gasteiger partial charge in [-0.25, -0.2) is 4.79 Å².